The van der Waals surface area contributed by atoms with Gasteiger partial charge in [-0.15, -0.1) is 0 Å². The van der Waals surface area contributed by atoms with Crippen molar-refractivity contribution in [3.05, 3.63) is 58.1 Å². The Morgan fingerprint density at radius 2 is 1.79 bits per heavy atom. The van der Waals surface area contributed by atoms with Crippen LogP contribution in [0, 0.1) is 6.92 Å². The lowest BCUT2D eigenvalue weighted by atomic mass is 10.1. The summed E-state index contributed by atoms with van der Waals surface area (Å²) in [6.07, 6.45) is 0. The number of nitrogens with two attached hydrogens (primary N) is 1. The van der Waals surface area contributed by atoms with Crippen LogP contribution in [-0.2, 0) is 6.54 Å². The number of nitrogens with zero attached hydrogens (tertiary/aromatic N) is 1. The minimum absolute atomic E-state index is 0.565. The molecule has 0 aliphatic carbocycles. The van der Waals surface area contributed by atoms with E-state index in [1.165, 1.54) is 16.9 Å². The SMILES string of the molecule is CCN(c1ccc(C)cc1)c1ccc(CN)cc1Br. The molecule has 0 aromatic heterocycles. The van der Waals surface area contributed by atoms with E-state index in [4.69, 9.17) is 5.73 Å². The number of hydrogen-bond acceptors (Lipinski definition) is 2. The molecule has 0 bridgehead atoms. The Morgan fingerprint density at radius 1 is 1.11 bits per heavy atom. The fraction of sp³-hybridized carbons (Fsp3) is 0.250. The predicted octanol–water partition coefficient (Wildman–Crippen LogP) is 4.37. The van der Waals surface area contributed by atoms with E-state index < -0.39 is 0 Å². The van der Waals surface area contributed by atoms with Crippen LogP contribution in [0.3, 0.4) is 0 Å². The van der Waals surface area contributed by atoms with E-state index in [1.54, 1.807) is 0 Å². The second kappa shape index (κ2) is 6.22. The van der Waals surface area contributed by atoms with Gasteiger partial charge in [0.25, 0.3) is 0 Å². The van der Waals surface area contributed by atoms with Gasteiger partial charge in [0, 0.05) is 23.2 Å². The third-order valence-electron chi connectivity index (χ3n) is 3.20. The zero-order valence-corrected chi connectivity index (χ0v) is 12.9. The molecule has 0 saturated carbocycles. The molecule has 0 spiro atoms. The summed E-state index contributed by atoms with van der Waals surface area (Å²) in [6.45, 7) is 5.74. The third-order valence-corrected chi connectivity index (χ3v) is 3.84. The van der Waals surface area contributed by atoms with Gasteiger partial charge in [-0.2, -0.15) is 0 Å². The van der Waals surface area contributed by atoms with Crippen molar-refractivity contribution in [1.29, 1.82) is 0 Å². The lowest BCUT2D eigenvalue weighted by molar-refractivity contribution is 1.01. The van der Waals surface area contributed by atoms with E-state index in [-0.39, 0.29) is 0 Å². The van der Waals surface area contributed by atoms with Crippen LogP contribution in [0.1, 0.15) is 18.1 Å². The smallest absolute Gasteiger partial charge is 0.0555 e. The molecule has 0 fully saturated rings. The number of halogens is 1. The topological polar surface area (TPSA) is 29.3 Å². The van der Waals surface area contributed by atoms with Gasteiger partial charge in [-0.25, -0.2) is 0 Å². The summed E-state index contributed by atoms with van der Waals surface area (Å²) in [6, 6.07) is 14.9. The van der Waals surface area contributed by atoms with Crippen LogP contribution in [0.15, 0.2) is 46.9 Å². The van der Waals surface area contributed by atoms with Crippen LogP contribution in [0.5, 0.6) is 0 Å². The van der Waals surface area contributed by atoms with Gasteiger partial charge in [-0.1, -0.05) is 23.8 Å². The quantitative estimate of drug-likeness (QED) is 0.906. The van der Waals surface area contributed by atoms with Crippen molar-refractivity contribution in [3.8, 4) is 0 Å². The molecule has 0 saturated heterocycles. The summed E-state index contributed by atoms with van der Waals surface area (Å²) in [5.74, 6) is 0. The minimum atomic E-state index is 0.565. The molecule has 2 aromatic rings. The van der Waals surface area contributed by atoms with Crippen molar-refractivity contribution in [2.75, 3.05) is 11.4 Å². The predicted molar refractivity (Wildman–Crippen MR) is 85.9 cm³/mol. The van der Waals surface area contributed by atoms with Gasteiger partial charge in [-0.05, 0) is 59.6 Å². The third kappa shape index (κ3) is 3.17. The monoisotopic (exact) mass is 318 g/mol. The van der Waals surface area contributed by atoms with E-state index in [9.17, 15) is 0 Å². The van der Waals surface area contributed by atoms with Gasteiger partial charge >= 0.3 is 0 Å². The van der Waals surface area contributed by atoms with E-state index in [0.717, 1.165) is 16.6 Å². The van der Waals surface area contributed by atoms with Crippen molar-refractivity contribution in [2.24, 2.45) is 5.73 Å². The number of rotatable bonds is 4. The van der Waals surface area contributed by atoms with Crippen molar-refractivity contribution in [2.45, 2.75) is 20.4 Å². The molecule has 2 nitrogen and oxygen atoms in total. The summed E-state index contributed by atoms with van der Waals surface area (Å²) in [7, 11) is 0. The number of benzene rings is 2. The van der Waals surface area contributed by atoms with Crippen molar-refractivity contribution >= 4 is 27.3 Å². The van der Waals surface area contributed by atoms with Crippen molar-refractivity contribution in [3.63, 3.8) is 0 Å². The molecular formula is C16H19BrN2. The molecule has 2 rings (SSSR count). The summed E-state index contributed by atoms with van der Waals surface area (Å²) in [5.41, 5.74) is 10.5. The molecule has 2 N–H and O–H groups in total. The van der Waals surface area contributed by atoms with Crippen molar-refractivity contribution < 1.29 is 0 Å². The van der Waals surface area contributed by atoms with E-state index in [2.05, 4.69) is 77.1 Å². The van der Waals surface area contributed by atoms with Gasteiger partial charge in [0.1, 0.15) is 0 Å². The maximum atomic E-state index is 5.67. The molecule has 3 heteroatoms. The molecule has 0 atom stereocenters. The second-order valence-corrected chi connectivity index (χ2v) is 5.42. The molecule has 0 unspecified atom stereocenters. The lowest BCUT2D eigenvalue weighted by Crippen LogP contribution is -2.16. The highest BCUT2D eigenvalue weighted by Gasteiger charge is 2.10. The summed E-state index contributed by atoms with van der Waals surface area (Å²) >= 11 is 3.64. The van der Waals surface area contributed by atoms with Crippen molar-refractivity contribution in [1.82, 2.24) is 0 Å². The molecule has 0 aliphatic heterocycles. The number of hydrogen-bond donors (Lipinski definition) is 1. The summed E-state index contributed by atoms with van der Waals surface area (Å²) in [5, 5.41) is 0. The number of aryl methyl sites for hydroxylation is 1. The average Bonchev–Trinajstić information content (AvgIpc) is 2.43. The fourth-order valence-electron chi connectivity index (χ4n) is 2.11. The zero-order chi connectivity index (χ0) is 13.8. The molecule has 2 aromatic carbocycles. The first-order valence-electron chi connectivity index (χ1n) is 6.48. The Morgan fingerprint density at radius 3 is 2.32 bits per heavy atom. The highest BCUT2D eigenvalue weighted by molar-refractivity contribution is 9.10. The van der Waals surface area contributed by atoms with E-state index >= 15 is 0 Å². The van der Waals surface area contributed by atoms with Gasteiger partial charge in [0.15, 0.2) is 0 Å². The van der Waals surface area contributed by atoms with Gasteiger partial charge in [0.05, 0.1) is 5.69 Å². The average molecular weight is 319 g/mol. The first-order valence-corrected chi connectivity index (χ1v) is 7.27. The lowest BCUT2D eigenvalue weighted by Gasteiger charge is -2.25. The Kier molecular flexibility index (Phi) is 4.61. The van der Waals surface area contributed by atoms with Crippen LogP contribution in [-0.4, -0.2) is 6.54 Å². The fourth-order valence-corrected chi connectivity index (χ4v) is 2.75. The Bertz CT molecular complexity index is 549. The van der Waals surface area contributed by atoms with E-state index in [1.807, 2.05) is 0 Å². The van der Waals surface area contributed by atoms with Crippen LogP contribution in [0.4, 0.5) is 11.4 Å². The van der Waals surface area contributed by atoms with Crippen LogP contribution >= 0.6 is 15.9 Å². The molecule has 0 aliphatic rings. The summed E-state index contributed by atoms with van der Waals surface area (Å²) in [4.78, 5) is 2.28. The normalized spacial score (nSPS) is 10.5. The molecule has 100 valence electrons. The zero-order valence-electron chi connectivity index (χ0n) is 11.4. The summed E-state index contributed by atoms with van der Waals surface area (Å²) < 4.78 is 1.08. The highest BCUT2D eigenvalue weighted by Crippen LogP contribution is 2.32. The molecule has 0 heterocycles. The maximum Gasteiger partial charge on any atom is 0.0555 e. The Balaban J connectivity index is 2.39. The first kappa shape index (κ1) is 14.1. The Labute approximate surface area is 123 Å². The standard InChI is InChI=1S/C16H19BrN2/c1-3-19(14-7-4-12(2)5-8-14)16-9-6-13(11-18)10-15(16)17/h4-10H,3,11,18H2,1-2H3. The maximum absolute atomic E-state index is 5.67. The highest BCUT2D eigenvalue weighted by atomic mass is 79.9. The largest absolute Gasteiger partial charge is 0.341 e. The molecular weight excluding hydrogens is 300 g/mol. The van der Waals surface area contributed by atoms with Crippen LogP contribution < -0.4 is 10.6 Å². The van der Waals surface area contributed by atoms with Crippen LogP contribution in [0.2, 0.25) is 0 Å². The second-order valence-electron chi connectivity index (χ2n) is 4.57. The van der Waals surface area contributed by atoms with Gasteiger partial charge < -0.3 is 10.6 Å². The van der Waals surface area contributed by atoms with Gasteiger partial charge in [0.2, 0.25) is 0 Å². The molecule has 19 heavy (non-hydrogen) atoms. The minimum Gasteiger partial charge on any atom is -0.341 e. The number of anilines is 2. The van der Waals surface area contributed by atoms with Gasteiger partial charge in [-0.3, -0.25) is 0 Å². The first-order chi connectivity index (χ1) is 9.15. The molecule has 0 amide bonds. The van der Waals surface area contributed by atoms with Crippen LogP contribution in [0.25, 0.3) is 0 Å². The molecule has 0 radical (unpaired) electrons. The van der Waals surface area contributed by atoms with E-state index in [0.29, 0.717) is 6.54 Å². The Hall–Kier alpha value is -1.32.